The molecule has 1 aromatic heterocycles. The van der Waals surface area contributed by atoms with Gasteiger partial charge in [0.1, 0.15) is 5.76 Å². The van der Waals surface area contributed by atoms with E-state index in [1.54, 1.807) is 5.56 Å². The summed E-state index contributed by atoms with van der Waals surface area (Å²) >= 11 is 2.38. The highest BCUT2D eigenvalue weighted by Crippen LogP contribution is 2.47. The fraction of sp³-hybridized carbons (Fsp3) is 0.714. The van der Waals surface area contributed by atoms with E-state index in [-0.39, 0.29) is 0 Å². The maximum Gasteiger partial charge on any atom is 0.167 e. The second-order valence-electron chi connectivity index (χ2n) is 5.77. The van der Waals surface area contributed by atoms with Crippen molar-refractivity contribution in [3.8, 4) is 0 Å². The fourth-order valence-electron chi connectivity index (χ4n) is 3.44. The Bertz CT molecular complexity index is 430. The molecule has 3 heteroatoms. The maximum atomic E-state index is 5.87. The summed E-state index contributed by atoms with van der Waals surface area (Å²) in [5, 5.41) is 0. The second kappa shape index (κ2) is 4.26. The lowest BCUT2D eigenvalue weighted by atomic mass is 9.76. The molecule has 2 nitrogen and oxygen atoms in total. The number of halogens is 1. The first-order valence-corrected chi connectivity index (χ1v) is 7.69. The van der Waals surface area contributed by atoms with Crippen LogP contribution in [0, 0.1) is 9.18 Å². The summed E-state index contributed by atoms with van der Waals surface area (Å²) in [5.41, 5.74) is 3.66. The summed E-state index contributed by atoms with van der Waals surface area (Å²) in [7, 11) is 2.24. The maximum absolute atomic E-state index is 5.87. The van der Waals surface area contributed by atoms with E-state index in [0.717, 1.165) is 10.2 Å². The number of nitrogens with zero attached hydrogens (tertiary/aromatic N) is 1. The molecule has 1 spiro atoms. The van der Waals surface area contributed by atoms with Crippen LogP contribution in [-0.2, 0) is 19.3 Å². The van der Waals surface area contributed by atoms with Gasteiger partial charge in [-0.3, -0.25) is 0 Å². The number of piperidine rings is 1. The molecule has 1 aromatic rings. The first-order chi connectivity index (χ1) is 8.13. The molecule has 0 unspecified atom stereocenters. The Morgan fingerprint density at radius 2 is 1.88 bits per heavy atom. The molecule has 2 aliphatic rings. The quantitative estimate of drug-likeness (QED) is 0.727. The highest BCUT2D eigenvalue weighted by molar-refractivity contribution is 14.1. The molecule has 0 bridgehead atoms. The molecule has 0 aromatic carbocycles. The SMILES string of the molecule is CCc1oc(I)c2c1CC1(CCN(C)CC1)C2. The van der Waals surface area contributed by atoms with Crippen LogP contribution in [0.25, 0.3) is 0 Å². The first-order valence-electron chi connectivity index (χ1n) is 6.61. The van der Waals surface area contributed by atoms with Crippen LogP contribution >= 0.6 is 22.6 Å². The molecule has 0 N–H and O–H groups in total. The van der Waals surface area contributed by atoms with Gasteiger partial charge >= 0.3 is 0 Å². The van der Waals surface area contributed by atoms with E-state index >= 15 is 0 Å². The van der Waals surface area contributed by atoms with Crippen LogP contribution in [0.1, 0.15) is 36.7 Å². The van der Waals surface area contributed by atoms with Gasteiger partial charge in [-0.25, -0.2) is 0 Å². The molecular formula is C14H20INO. The van der Waals surface area contributed by atoms with Gasteiger partial charge in [0.2, 0.25) is 0 Å². The molecule has 0 atom stereocenters. The lowest BCUT2D eigenvalue weighted by molar-refractivity contribution is 0.130. The standard InChI is InChI=1S/C14H20INO/c1-3-12-10-8-14(4-6-16(2)7-5-14)9-11(10)13(15)17-12/h3-9H2,1-2H3. The highest BCUT2D eigenvalue weighted by Gasteiger charge is 2.42. The average molecular weight is 345 g/mol. The molecule has 0 radical (unpaired) electrons. The molecule has 94 valence electrons. The first kappa shape index (κ1) is 12.0. The summed E-state index contributed by atoms with van der Waals surface area (Å²) in [4.78, 5) is 2.46. The zero-order chi connectivity index (χ0) is 12.0. The minimum absolute atomic E-state index is 0.567. The van der Waals surface area contributed by atoms with Crippen LogP contribution in [0.5, 0.6) is 0 Å². The van der Waals surface area contributed by atoms with Crippen LogP contribution in [0.2, 0.25) is 0 Å². The molecule has 1 saturated heterocycles. The summed E-state index contributed by atoms with van der Waals surface area (Å²) in [6, 6.07) is 0. The van der Waals surface area contributed by atoms with E-state index in [1.807, 2.05) is 0 Å². The number of likely N-dealkylation sites (tertiary alicyclic amines) is 1. The van der Waals surface area contributed by atoms with Crippen molar-refractivity contribution in [3.05, 3.63) is 20.7 Å². The van der Waals surface area contributed by atoms with E-state index in [1.165, 1.54) is 50.1 Å². The predicted octanol–water partition coefficient (Wildman–Crippen LogP) is 3.26. The van der Waals surface area contributed by atoms with Crippen molar-refractivity contribution >= 4 is 22.6 Å². The summed E-state index contributed by atoms with van der Waals surface area (Å²) < 4.78 is 7.03. The Hall–Kier alpha value is -0.0300. The largest absolute Gasteiger partial charge is 0.455 e. The molecule has 0 saturated carbocycles. The van der Waals surface area contributed by atoms with Gasteiger partial charge < -0.3 is 9.32 Å². The predicted molar refractivity (Wildman–Crippen MR) is 77.4 cm³/mol. The van der Waals surface area contributed by atoms with Crippen molar-refractivity contribution in [1.82, 2.24) is 4.90 Å². The smallest absolute Gasteiger partial charge is 0.167 e. The van der Waals surface area contributed by atoms with Crippen LogP contribution in [0.3, 0.4) is 0 Å². The molecular weight excluding hydrogens is 325 g/mol. The summed E-state index contributed by atoms with van der Waals surface area (Å²) in [6.07, 6.45) is 6.29. The summed E-state index contributed by atoms with van der Waals surface area (Å²) in [6.45, 7) is 4.73. The van der Waals surface area contributed by atoms with Gasteiger partial charge in [0, 0.05) is 12.0 Å². The van der Waals surface area contributed by atoms with E-state index < -0.39 is 0 Å². The molecule has 0 amide bonds. The Morgan fingerprint density at radius 3 is 2.53 bits per heavy atom. The van der Waals surface area contributed by atoms with Crippen LogP contribution < -0.4 is 0 Å². The third-order valence-electron chi connectivity index (χ3n) is 4.62. The number of hydrogen-bond donors (Lipinski definition) is 0. The topological polar surface area (TPSA) is 16.4 Å². The van der Waals surface area contributed by atoms with Gasteiger partial charge in [-0.1, -0.05) is 6.92 Å². The second-order valence-corrected chi connectivity index (χ2v) is 6.75. The Labute approximate surface area is 117 Å². The van der Waals surface area contributed by atoms with Gasteiger partial charge in [-0.15, -0.1) is 0 Å². The third-order valence-corrected chi connectivity index (χ3v) is 5.49. The highest BCUT2D eigenvalue weighted by atomic mass is 127. The zero-order valence-corrected chi connectivity index (χ0v) is 12.8. The van der Waals surface area contributed by atoms with Crippen molar-refractivity contribution in [2.45, 2.75) is 39.0 Å². The molecule has 2 heterocycles. The van der Waals surface area contributed by atoms with Crippen LogP contribution in [0.4, 0.5) is 0 Å². The monoisotopic (exact) mass is 345 g/mol. The molecule has 1 aliphatic heterocycles. The number of aryl methyl sites for hydroxylation is 1. The number of hydrogen-bond acceptors (Lipinski definition) is 2. The Balaban J connectivity index is 1.87. The van der Waals surface area contributed by atoms with Crippen molar-refractivity contribution in [3.63, 3.8) is 0 Å². The average Bonchev–Trinajstić information content (AvgIpc) is 2.82. The van der Waals surface area contributed by atoms with E-state index in [4.69, 9.17) is 4.42 Å². The van der Waals surface area contributed by atoms with Crippen molar-refractivity contribution in [1.29, 1.82) is 0 Å². The Kier molecular flexibility index (Phi) is 3.02. The molecule has 1 fully saturated rings. The van der Waals surface area contributed by atoms with Gasteiger partial charge in [0.25, 0.3) is 0 Å². The van der Waals surface area contributed by atoms with Gasteiger partial charge in [0.15, 0.2) is 3.77 Å². The third kappa shape index (κ3) is 1.95. The van der Waals surface area contributed by atoms with Gasteiger partial charge in [0.05, 0.1) is 0 Å². The normalized spacial score (nSPS) is 23.2. The van der Waals surface area contributed by atoms with Crippen LogP contribution in [0.15, 0.2) is 4.42 Å². The van der Waals surface area contributed by atoms with Crippen LogP contribution in [-0.4, -0.2) is 25.0 Å². The fourth-order valence-corrected chi connectivity index (χ4v) is 4.23. The molecule has 1 aliphatic carbocycles. The minimum atomic E-state index is 0.567. The van der Waals surface area contributed by atoms with Crippen molar-refractivity contribution in [2.75, 3.05) is 20.1 Å². The van der Waals surface area contributed by atoms with Gasteiger partial charge in [-0.2, -0.15) is 0 Å². The lowest BCUT2D eigenvalue weighted by Gasteiger charge is -2.37. The number of furan rings is 1. The Morgan fingerprint density at radius 1 is 1.24 bits per heavy atom. The lowest BCUT2D eigenvalue weighted by Crippen LogP contribution is -2.38. The zero-order valence-electron chi connectivity index (χ0n) is 10.7. The van der Waals surface area contributed by atoms with E-state index in [9.17, 15) is 0 Å². The van der Waals surface area contributed by atoms with Crippen molar-refractivity contribution < 1.29 is 4.42 Å². The summed E-state index contributed by atoms with van der Waals surface area (Å²) in [5.74, 6) is 1.25. The minimum Gasteiger partial charge on any atom is -0.455 e. The molecule has 17 heavy (non-hydrogen) atoms. The number of fused-ring (bicyclic) bond motifs is 1. The van der Waals surface area contributed by atoms with Crippen molar-refractivity contribution in [2.24, 2.45) is 5.41 Å². The van der Waals surface area contributed by atoms with E-state index in [0.29, 0.717) is 5.41 Å². The number of rotatable bonds is 1. The van der Waals surface area contributed by atoms with E-state index in [2.05, 4.69) is 41.5 Å². The molecule has 3 rings (SSSR count). The van der Waals surface area contributed by atoms with Gasteiger partial charge in [-0.05, 0) is 79.4 Å².